The highest BCUT2D eigenvalue weighted by molar-refractivity contribution is 5.96. The molecule has 1 aliphatic rings. The minimum absolute atomic E-state index is 0.195. The average molecular weight is 297 g/mol. The Balaban J connectivity index is 1.74. The molecule has 0 spiro atoms. The van der Waals surface area contributed by atoms with Crippen molar-refractivity contribution in [2.24, 2.45) is 0 Å². The fourth-order valence-corrected chi connectivity index (χ4v) is 3.01. The molecule has 0 aliphatic heterocycles. The number of hydrogen-bond acceptors (Lipinski definition) is 3. The first-order chi connectivity index (χ1) is 10.6. The second-order valence-electron chi connectivity index (χ2n) is 5.57. The summed E-state index contributed by atoms with van der Waals surface area (Å²) in [6.45, 7) is 0.195. The van der Waals surface area contributed by atoms with E-state index in [1.165, 1.54) is 7.11 Å². The van der Waals surface area contributed by atoms with Crippen LogP contribution in [-0.4, -0.2) is 24.7 Å². The Morgan fingerprint density at radius 3 is 2.77 bits per heavy atom. The number of carbonyl (C=O) groups is 1. The Morgan fingerprint density at radius 1 is 1.23 bits per heavy atom. The average Bonchev–Trinajstić information content (AvgIpc) is 2.91. The van der Waals surface area contributed by atoms with Gasteiger partial charge in [-0.15, -0.1) is 0 Å². The van der Waals surface area contributed by atoms with Crippen LogP contribution in [0.5, 0.6) is 5.75 Å². The Labute approximate surface area is 129 Å². The van der Waals surface area contributed by atoms with Gasteiger partial charge in [0, 0.05) is 0 Å². The molecule has 0 heterocycles. The van der Waals surface area contributed by atoms with Gasteiger partial charge in [-0.1, -0.05) is 36.4 Å². The first-order valence-electron chi connectivity index (χ1n) is 7.36. The van der Waals surface area contributed by atoms with Gasteiger partial charge in [0.25, 0.3) is 5.91 Å². The number of aryl methyl sites for hydroxylation is 1. The van der Waals surface area contributed by atoms with Gasteiger partial charge in [-0.2, -0.15) is 0 Å². The van der Waals surface area contributed by atoms with Crippen molar-refractivity contribution in [1.29, 1.82) is 0 Å². The third-order valence-electron chi connectivity index (χ3n) is 4.22. The maximum absolute atomic E-state index is 12.3. The van der Waals surface area contributed by atoms with Crippen molar-refractivity contribution in [2.45, 2.75) is 18.4 Å². The van der Waals surface area contributed by atoms with Crippen LogP contribution in [0.25, 0.3) is 0 Å². The topological polar surface area (TPSA) is 58.6 Å². The SMILES string of the molecule is COc1ccccc1C(=O)NC[C@@]1(O)CCc2ccccc21. The van der Waals surface area contributed by atoms with Crippen molar-refractivity contribution >= 4 is 5.91 Å². The predicted octanol–water partition coefficient (Wildman–Crippen LogP) is 2.26. The predicted molar refractivity (Wildman–Crippen MR) is 84.0 cm³/mol. The highest BCUT2D eigenvalue weighted by atomic mass is 16.5. The lowest BCUT2D eigenvalue weighted by molar-refractivity contribution is 0.0369. The second-order valence-corrected chi connectivity index (χ2v) is 5.57. The van der Waals surface area contributed by atoms with Crippen LogP contribution in [0.4, 0.5) is 0 Å². The Hall–Kier alpha value is -2.33. The quantitative estimate of drug-likeness (QED) is 0.910. The van der Waals surface area contributed by atoms with Crippen LogP contribution in [0.2, 0.25) is 0 Å². The van der Waals surface area contributed by atoms with Gasteiger partial charge >= 0.3 is 0 Å². The maximum Gasteiger partial charge on any atom is 0.255 e. The number of amides is 1. The van der Waals surface area contributed by atoms with Gasteiger partial charge in [0.05, 0.1) is 19.2 Å². The fourth-order valence-electron chi connectivity index (χ4n) is 3.01. The van der Waals surface area contributed by atoms with Gasteiger partial charge < -0.3 is 15.2 Å². The van der Waals surface area contributed by atoms with Crippen molar-refractivity contribution < 1.29 is 14.6 Å². The zero-order valence-electron chi connectivity index (χ0n) is 12.5. The molecule has 114 valence electrons. The van der Waals surface area contributed by atoms with Crippen molar-refractivity contribution in [3.8, 4) is 5.75 Å². The van der Waals surface area contributed by atoms with Crippen molar-refractivity contribution in [1.82, 2.24) is 5.32 Å². The number of benzene rings is 2. The van der Waals surface area contributed by atoms with E-state index in [0.29, 0.717) is 17.7 Å². The summed E-state index contributed by atoms with van der Waals surface area (Å²) in [4.78, 5) is 12.3. The number of fused-ring (bicyclic) bond motifs is 1. The summed E-state index contributed by atoms with van der Waals surface area (Å²) in [5.74, 6) is 0.286. The van der Waals surface area contributed by atoms with Gasteiger partial charge in [0.1, 0.15) is 11.4 Å². The minimum atomic E-state index is -0.992. The Kier molecular flexibility index (Phi) is 3.86. The van der Waals surface area contributed by atoms with Crippen LogP contribution in [0.3, 0.4) is 0 Å². The van der Waals surface area contributed by atoms with Crippen LogP contribution in [-0.2, 0) is 12.0 Å². The van der Waals surface area contributed by atoms with E-state index in [4.69, 9.17) is 4.74 Å². The fraction of sp³-hybridized carbons (Fsp3) is 0.278. The molecule has 4 heteroatoms. The van der Waals surface area contributed by atoms with Crippen LogP contribution < -0.4 is 10.1 Å². The van der Waals surface area contributed by atoms with E-state index in [0.717, 1.165) is 17.5 Å². The van der Waals surface area contributed by atoms with Crippen LogP contribution in [0, 0.1) is 0 Å². The lowest BCUT2D eigenvalue weighted by atomic mass is 9.96. The third-order valence-corrected chi connectivity index (χ3v) is 4.22. The summed E-state index contributed by atoms with van der Waals surface area (Å²) in [7, 11) is 1.53. The third kappa shape index (κ3) is 2.57. The number of hydrogen-bond donors (Lipinski definition) is 2. The number of ether oxygens (including phenoxy) is 1. The lowest BCUT2D eigenvalue weighted by Gasteiger charge is -2.24. The van der Waals surface area contributed by atoms with E-state index in [9.17, 15) is 9.90 Å². The summed E-state index contributed by atoms with van der Waals surface area (Å²) in [6.07, 6.45) is 1.45. The zero-order chi connectivity index (χ0) is 15.6. The van der Waals surface area contributed by atoms with E-state index in [1.54, 1.807) is 18.2 Å². The Morgan fingerprint density at radius 2 is 1.95 bits per heavy atom. The number of rotatable bonds is 4. The molecule has 0 unspecified atom stereocenters. The highest BCUT2D eigenvalue weighted by Gasteiger charge is 2.36. The normalized spacial score (nSPS) is 19.5. The van der Waals surface area contributed by atoms with E-state index in [2.05, 4.69) is 5.32 Å². The first-order valence-corrected chi connectivity index (χ1v) is 7.36. The number of para-hydroxylation sites is 1. The number of carbonyl (C=O) groups excluding carboxylic acids is 1. The molecule has 0 aromatic heterocycles. The molecule has 0 bridgehead atoms. The number of nitrogens with one attached hydrogen (secondary N) is 1. The van der Waals surface area contributed by atoms with Crippen LogP contribution >= 0.6 is 0 Å². The molecule has 0 fully saturated rings. The standard InChI is InChI=1S/C18H19NO3/c1-22-16-9-5-3-7-14(16)17(20)19-12-18(21)11-10-13-6-2-4-8-15(13)18/h2-9,21H,10-12H2,1H3,(H,19,20)/t18-/m0/s1. The molecule has 2 aromatic carbocycles. The Bertz CT molecular complexity index is 698. The number of methoxy groups -OCH3 is 1. The molecule has 0 radical (unpaired) electrons. The molecule has 4 nitrogen and oxygen atoms in total. The summed E-state index contributed by atoms with van der Waals surface area (Å²) < 4.78 is 5.20. The molecule has 1 atom stereocenters. The summed E-state index contributed by atoms with van der Waals surface area (Å²) in [5.41, 5.74) is 1.54. The molecule has 1 amide bonds. The van der Waals surface area contributed by atoms with E-state index < -0.39 is 5.60 Å². The monoisotopic (exact) mass is 297 g/mol. The van der Waals surface area contributed by atoms with E-state index in [1.807, 2.05) is 30.3 Å². The summed E-state index contributed by atoms with van der Waals surface area (Å²) in [5, 5.41) is 13.6. The smallest absolute Gasteiger partial charge is 0.255 e. The van der Waals surface area contributed by atoms with Crippen molar-refractivity contribution in [3.05, 3.63) is 65.2 Å². The van der Waals surface area contributed by atoms with Crippen molar-refractivity contribution in [2.75, 3.05) is 13.7 Å². The van der Waals surface area contributed by atoms with Gasteiger partial charge in [-0.05, 0) is 36.1 Å². The molecule has 3 rings (SSSR count). The molecule has 0 saturated heterocycles. The largest absolute Gasteiger partial charge is 0.496 e. The minimum Gasteiger partial charge on any atom is -0.496 e. The van der Waals surface area contributed by atoms with Gasteiger partial charge in [-0.3, -0.25) is 4.79 Å². The van der Waals surface area contributed by atoms with E-state index in [-0.39, 0.29) is 12.5 Å². The maximum atomic E-state index is 12.3. The molecule has 1 aliphatic carbocycles. The molecule has 0 saturated carbocycles. The van der Waals surface area contributed by atoms with Gasteiger partial charge in [0.15, 0.2) is 0 Å². The van der Waals surface area contributed by atoms with Gasteiger partial charge in [0.2, 0.25) is 0 Å². The molecular formula is C18H19NO3. The summed E-state index contributed by atoms with van der Waals surface area (Å²) in [6, 6.07) is 14.9. The lowest BCUT2D eigenvalue weighted by Crippen LogP contribution is -2.39. The van der Waals surface area contributed by atoms with E-state index >= 15 is 0 Å². The second kappa shape index (κ2) is 5.81. The molecule has 2 aromatic rings. The summed E-state index contributed by atoms with van der Waals surface area (Å²) >= 11 is 0. The first kappa shape index (κ1) is 14.6. The molecule has 22 heavy (non-hydrogen) atoms. The van der Waals surface area contributed by atoms with Crippen molar-refractivity contribution in [3.63, 3.8) is 0 Å². The van der Waals surface area contributed by atoms with Crippen LogP contribution in [0.1, 0.15) is 27.9 Å². The zero-order valence-corrected chi connectivity index (χ0v) is 12.5. The molecular weight excluding hydrogens is 278 g/mol. The van der Waals surface area contributed by atoms with Crippen LogP contribution in [0.15, 0.2) is 48.5 Å². The molecule has 2 N–H and O–H groups in total. The highest BCUT2D eigenvalue weighted by Crippen LogP contribution is 2.36. The van der Waals surface area contributed by atoms with Gasteiger partial charge in [-0.25, -0.2) is 0 Å². The number of aliphatic hydroxyl groups is 1.